The van der Waals surface area contributed by atoms with Gasteiger partial charge >= 0.3 is 0 Å². The third-order valence-corrected chi connectivity index (χ3v) is 3.98. The monoisotopic (exact) mass is 279 g/mol. The van der Waals surface area contributed by atoms with Crippen LogP contribution in [0.5, 0.6) is 0 Å². The molecule has 5 nitrogen and oxygen atoms in total. The fourth-order valence-corrected chi connectivity index (χ4v) is 2.96. The van der Waals surface area contributed by atoms with E-state index in [2.05, 4.69) is 0 Å². The molecular weight excluding hydrogens is 258 g/mol. The Kier molecular flexibility index (Phi) is 4.33. The first kappa shape index (κ1) is 14.0. The molecule has 2 aliphatic heterocycles. The maximum absolute atomic E-state index is 9.43. The highest BCUT2D eigenvalue weighted by atomic mass is 16.6. The molecule has 1 aromatic carbocycles. The first-order chi connectivity index (χ1) is 9.81. The van der Waals surface area contributed by atoms with E-state index in [0.717, 1.165) is 12.0 Å². The lowest BCUT2D eigenvalue weighted by Gasteiger charge is -2.22. The summed E-state index contributed by atoms with van der Waals surface area (Å²) in [5.74, 6) is 0. The SMILES string of the molecule is NC[C@H]1C[C@@H]2O[C@H](CO)[C@@H](OCc3ccccc3)[C@@H]2O1. The van der Waals surface area contributed by atoms with Crippen LogP contribution >= 0.6 is 0 Å². The molecule has 0 bridgehead atoms. The molecule has 0 spiro atoms. The number of hydrogen-bond donors (Lipinski definition) is 2. The van der Waals surface area contributed by atoms with E-state index in [0.29, 0.717) is 13.2 Å². The zero-order chi connectivity index (χ0) is 13.9. The molecule has 0 aliphatic carbocycles. The summed E-state index contributed by atoms with van der Waals surface area (Å²) in [6.07, 6.45) is 0.135. The van der Waals surface area contributed by atoms with Gasteiger partial charge in [-0.2, -0.15) is 0 Å². The van der Waals surface area contributed by atoms with E-state index in [-0.39, 0.29) is 37.1 Å². The molecule has 3 rings (SSSR count). The molecule has 0 aromatic heterocycles. The van der Waals surface area contributed by atoms with Gasteiger partial charge in [-0.1, -0.05) is 30.3 Å². The normalized spacial score (nSPS) is 36.2. The molecule has 110 valence electrons. The minimum absolute atomic E-state index is 0.0125. The van der Waals surface area contributed by atoms with Crippen LogP contribution in [0.1, 0.15) is 12.0 Å². The first-order valence-corrected chi connectivity index (χ1v) is 7.09. The lowest BCUT2D eigenvalue weighted by Crippen LogP contribution is -2.37. The summed E-state index contributed by atoms with van der Waals surface area (Å²) < 4.78 is 17.6. The molecule has 20 heavy (non-hydrogen) atoms. The summed E-state index contributed by atoms with van der Waals surface area (Å²) in [4.78, 5) is 0. The van der Waals surface area contributed by atoms with Crippen LogP contribution in [-0.2, 0) is 20.8 Å². The topological polar surface area (TPSA) is 73.9 Å². The summed E-state index contributed by atoms with van der Waals surface area (Å²) in [5.41, 5.74) is 6.74. The average Bonchev–Trinajstić information content (AvgIpc) is 3.03. The van der Waals surface area contributed by atoms with Crippen LogP contribution in [-0.4, -0.2) is 48.8 Å². The van der Waals surface area contributed by atoms with Crippen molar-refractivity contribution in [2.45, 2.75) is 43.5 Å². The maximum atomic E-state index is 9.43. The Bertz CT molecular complexity index is 427. The van der Waals surface area contributed by atoms with Crippen LogP contribution in [0.25, 0.3) is 0 Å². The molecule has 0 radical (unpaired) electrons. The van der Waals surface area contributed by atoms with E-state index < -0.39 is 0 Å². The molecule has 3 N–H and O–H groups in total. The van der Waals surface area contributed by atoms with Crippen molar-refractivity contribution in [1.29, 1.82) is 0 Å². The van der Waals surface area contributed by atoms with Crippen molar-refractivity contribution in [2.24, 2.45) is 5.73 Å². The molecule has 1 aromatic rings. The third-order valence-electron chi connectivity index (χ3n) is 3.98. The quantitative estimate of drug-likeness (QED) is 0.818. The highest BCUT2D eigenvalue weighted by molar-refractivity contribution is 5.13. The van der Waals surface area contributed by atoms with Crippen molar-refractivity contribution in [3.05, 3.63) is 35.9 Å². The molecule has 5 heteroatoms. The van der Waals surface area contributed by atoms with E-state index in [9.17, 15) is 5.11 Å². The number of hydrogen-bond acceptors (Lipinski definition) is 5. The molecule has 2 heterocycles. The van der Waals surface area contributed by atoms with Gasteiger partial charge < -0.3 is 25.1 Å². The number of aliphatic hydroxyl groups excluding tert-OH is 1. The second kappa shape index (κ2) is 6.20. The summed E-state index contributed by atoms with van der Waals surface area (Å²) in [7, 11) is 0. The van der Waals surface area contributed by atoms with Crippen molar-refractivity contribution in [3.63, 3.8) is 0 Å². The number of fused-ring (bicyclic) bond motifs is 1. The largest absolute Gasteiger partial charge is 0.394 e. The Morgan fingerprint density at radius 3 is 2.75 bits per heavy atom. The summed E-state index contributed by atoms with van der Waals surface area (Å²) in [6.45, 7) is 0.930. The van der Waals surface area contributed by atoms with Gasteiger partial charge in [0.15, 0.2) is 0 Å². The fraction of sp³-hybridized carbons (Fsp3) is 0.600. The highest BCUT2D eigenvalue weighted by Crippen LogP contribution is 2.35. The Morgan fingerprint density at radius 1 is 1.25 bits per heavy atom. The summed E-state index contributed by atoms with van der Waals surface area (Å²) in [5, 5.41) is 9.43. The second-order valence-corrected chi connectivity index (χ2v) is 5.35. The van der Waals surface area contributed by atoms with Gasteiger partial charge in [-0.05, 0) is 5.56 Å². The van der Waals surface area contributed by atoms with Crippen LogP contribution in [0.2, 0.25) is 0 Å². The van der Waals surface area contributed by atoms with Crippen LogP contribution in [0, 0.1) is 0 Å². The predicted octanol–water partition coefficient (Wildman–Crippen LogP) is 0.448. The number of aliphatic hydroxyl groups is 1. The molecule has 5 atom stereocenters. The number of nitrogens with two attached hydrogens (primary N) is 1. The Morgan fingerprint density at radius 2 is 2.05 bits per heavy atom. The third kappa shape index (κ3) is 2.73. The Labute approximate surface area is 118 Å². The van der Waals surface area contributed by atoms with Gasteiger partial charge in [-0.25, -0.2) is 0 Å². The molecule has 0 unspecified atom stereocenters. The molecular formula is C15H21NO4. The lowest BCUT2D eigenvalue weighted by molar-refractivity contribution is -0.0903. The number of ether oxygens (including phenoxy) is 3. The zero-order valence-electron chi connectivity index (χ0n) is 11.4. The second-order valence-electron chi connectivity index (χ2n) is 5.35. The average molecular weight is 279 g/mol. The fourth-order valence-electron chi connectivity index (χ4n) is 2.96. The van der Waals surface area contributed by atoms with Gasteiger partial charge in [0.05, 0.1) is 25.4 Å². The minimum Gasteiger partial charge on any atom is -0.394 e. The van der Waals surface area contributed by atoms with E-state index in [1.54, 1.807) is 0 Å². The van der Waals surface area contributed by atoms with Gasteiger partial charge in [-0.3, -0.25) is 0 Å². The Hall–Kier alpha value is -0.980. The van der Waals surface area contributed by atoms with Gasteiger partial charge in [-0.15, -0.1) is 0 Å². The molecule has 2 saturated heterocycles. The van der Waals surface area contributed by atoms with Crippen molar-refractivity contribution >= 4 is 0 Å². The van der Waals surface area contributed by atoms with Crippen LogP contribution in [0.15, 0.2) is 30.3 Å². The standard InChI is InChI=1S/C15H21NO4/c16-7-11-6-12-15(19-11)14(13(8-17)20-12)18-9-10-4-2-1-3-5-10/h1-5,11-15,17H,6-9,16H2/t11-,12+,13-,14-,15-/m1/s1. The molecule has 0 saturated carbocycles. The number of rotatable bonds is 5. The van der Waals surface area contributed by atoms with Crippen LogP contribution < -0.4 is 5.73 Å². The van der Waals surface area contributed by atoms with Gasteiger partial charge in [0, 0.05) is 13.0 Å². The summed E-state index contributed by atoms with van der Waals surface area (Å²) in [6, 6.07) is 9.96. The van der Waals surface area contributed by atoms with Gasteiger partial charge in [0.2, 0.25) is 0 Å². The lowest BCUT2D eigenvalue weighted by atomic mass is 10.1. The van der Waals surface area contributed by atoms with Gasteiger partial charge in [0.1, 0.15) is 18.3 Å². The Balaban J connectivity index is 1.63. The number of benzene rings is 1. The summed E-state index contributed by atoms with van der Waals surface area (Å²) >= 11 is 0. The van der Waals surface area contributed by atoms with Crippen LogP contribution in [0.3, 0.4) is 0 Å². The van der Waals surface area contributed by atoms with E-state index in [1.165, 1.54) is 0 Å². The van der Waals surface area contributed by atoms with Crippen molar-refractivity contribution in [2.75, 3.05) is 13.2 Å². The zero-order valence-corrected chi connectivity index (χ0v) is 11.4. The maximum Gasteiger partial charge on any atom is 0.115 e. The van der Waals surface area contributed by atoms with Crippen molar-refractivity contribution < 1.29 is 19.3 Å². The first-order valence-electron chi connectivity index (χ1n) is 7.09. The van der Waals surface area contributed by atoms with Crippen molar-refractivity contribution in [1.82, 2.24) is 0 Å². The van der Waals surface area contributed by atoms with E-state index >= 15 is 0 Å². The van der Waals surface area contributed by atoms with E-state index in [1.807, 2.05) is 30.3 Å². The van der Waals surface area contributed by atoms with Gasteiger partial charge in [0.25, 0.3) is 0 Å². The highest BCUT2D eigenvalue weighted by Gasteiger charge is 2.51. The molecule has 0 amide bonds. The molecule has 2 aliphatic rings. The van der Waals surface area contributed by atoms with E-state index in [4.69, 9.17) is 19.9 Å². The predicted molar refractivity (Wildman–Crippen MR) is 73.1 cm³/mol. The molecule has 2 fully saturated rings. The van der Waals surface area contributed by atoms with Crippen molar-refractivity contribution in [3.8, 4) is 0 Å². The minimum atomic E-state index is -0.313. The smallest absolute Gasteiger partial charge is 0.115 e. The van der Waals surface area contributed by atoms with Crippen LogP contribution in [0.4, 0.5) is 0 Å².